The largest absolute Gasteiger partial charge is 0.507 e. The Balaban J connectivity index is 2.04. The van der Waals surface area contributed by atoms with Gasteiger partial charge < -0.3 is 24.4 Å². The van der Waals surface area contributed by atoms with Crippen LogP contribution in [0.25, 0.3) is 11.1 Å². The maximum absolute atomic E-state index is 13.2. The molecule has 0 aliphatic carbocycles. The number of ether oxygens (including phenoxy) is 3. The first-order valence-electron chi connectivity index (χ1n) is 10.1. The lowest BCUT2D eigenvalue weighted by Crippen LogP contribution is -2.06. The van der Waals surface area contributed by atoms with Gasteiger partial charge in [0.2, 0.25) is 0 Å². The molecule has 7 nitrogen and oxygen atoms in total. The Labute approximate surface area is 191 Å². The van der Waals surface area contributed by atoms with Crippen LogP contribution in [0.2, 0.25) is 0 Å². The molecule has 33 heavy (non-hydrogen) atoms. The second kappa shape index (κ2) is 10.4. The van der Waals surface area contributed by atoms with E-state index in [0.717, 1.165) is 17.2 Å². The number of phenols is 2. The molecule has 0 amide bonds. The molecule has 0 saturated carbocycles. The molecule has 0 radical (unpaired) electrons. The molecule has 3 aromatic rings. The molecule has 0 aliphatic heterocycles. The maximum Gasteiger partial charge on any atom is 0.330 e. The van der Waals surface area contributed by atoms with Gasteiger partial charge in [-0.1, -0.05) is 30.8 Å². The van der Waals surface area contributed by atoms with Crippen LogP contribution in [0.3, 0.4) is 0 Å². The molecule has 0 heterocycles. The summed E-state index contributed by atoms with van der Waals surface area (Å²) in [5.74, 6) is -0.863. The fourth-order valence-electron chi connectivity index (χ4n) is 3.43. The minimum Gasteiger partial charge on any atom is -0.507 e. The first kappa shape index (κ1) is 23.4. The molecule has 0 aromatic heterocycles. The van der Waals surface area contributed by atoms with Gasteiger partial charge in [0.25, 0.3) is 0 Å². The highest BCUT2D eigenvalue weighted by Gasteiger charge is 2.22. The van der Waals surface area contributed by atoms with Gasteiger partial charge in [-0.3, -0.25) is 4.79 Å². The van der Waals surface area contributed by atoms with E-state index in [1.54, 1.807) is 6.07 Å². The predicted octanol–water partition coefficient (Wildman–Crippen LogP) is 4.28. The van der Waals surface area contributed by atoms with Crippen LogP contribution < -0.4 is 9.47 Å². The van der Waals surface area contributed by atoms with Crippen LogP contribution in [0, 0.1) is 0 Å². The third kappa shape index (κ3) is 5.15. The molecule has 0 unspecified atom stereocenters. The number of aromatic hydroxyl groups is 2. The highest BCUT2D eigenvalue weighted by molar-refractivity contribution is 6.13. The Morgan fingerprint density at radius 3 is 2.30 bits per heavy atom. The average molecular weight is 448 g/mol. The smallest absolute Gasteiger partial charge is 0.330 e. The third-order valence-corrected chi connectivity index (χ3v) is 5.10. The quantitative estimate of drug-likeness (QED) is 0.286. The van der Waals surface area contributed by atoms with Gasteiger partial charge in [-0.2, -0.15) is 0 Å². The van der Waals surface area contributed by atoms with Gasteiger partial charge in [0.15, 0.2) is 5.78 Å². The average Bonchev–Trinajstić information content (AvgIpc) is 2.83. The van der Waals surface area contributed by atoms with Crippen molar-refractivity contribution in [3.8, 4) is 34.1 Å². The fraction of sp³-hybridized carbons (Fsp3) is 0.154. The first-order chi connectivity index (χ1) is 15.9. The summed E-state index contributed by atoms with van der Waals surface area (Å²) in [6, 6.07) is 14.6. The van der Waals surface area contributed by atoms with E-state index in [1.807, 2.05) is 24.3 Å². The van der Waals surface area contributed by atoms with Gasteiger partial charge in [0.1, 0.15) is 23.0 Å². The van der Waals surface area contributed by atoms with Crippen molar-refractivity contribution in [3.63, 3.8) is 0 Å². The van der Waals surface area contributed by atoms with E-state index < -0.39 is 11.8 Å². The summed E-state index contributed by atoms with van der Waals surface area (Å²) >= 11 is 0. The molecular formula is C26H24O7. The Kier molecular flexibility index (Phi) is 7.35. The number of phenolic OH excluding ortho intramolecular Hbond substituents is 2. The number of carbonyl (C=O) groups excluding carboxylic acids is 2. The van der Waals surface area contributed by atoms with Gasteiger partial charge in [0, 0.05) is 30.2 Å². The van der Waals surface area contributed by atoms with Crippen molar-refractivity contribution in [1.29, 1.82) is 0 Å². The zero-order valence-electron chi connectivity index (χ0n) is 18.3. The molecule has 3 aromatic carbocycles. The van der Waals surface area contributed by atoms with E-state index in [9.17, 15) is 19.8 Å². The van der Waals surface area contributed by atoms with E-state index >= 15 is 0 Å². The van der Waals surface area contributed by atoms with Gasteiger partial charge in [0.05, 0.1) is 32.0 Å². The maximum atomic E-state index is 13.2. The van der Waals surface area contributed by atoms with E-state index in [0.29, 0.717) is 23.5 Å². The second-order valence-corrected chi connectivity index (χ2v) is 7.06. The topological polar surface area (TPSA) is 102 Å². The molecule has 3 rings (SSSR count). The molecule has 2 N–H and O–H groups in total. The minimum absolute atomic E-state index is 0.000782. The number of rotatable bonds is 9. The number of esters is 1. The summed E-state index contributed by atoms with van der Waals surface area (Å²) in [4.78, 5) is 24.5. The Morgan fingerprint density at radius 2 is 1.64 bits per heavy atom. The lowest BCUT2D eigenvalue weighted by molar-refractivity contribution is -0.137. The summed E-state index contributed by atoms with van der Waals surface area (Å²) in [6.07, 6.45) is 1.52. The normalized spacial score (nSPS) is 10.4. The van der Waals surface area contributed by atoms with Crippen LogP contribution in [0.15, 0.2) is 67.3 Å². The van der Waals surface area contributed by atoms with Gasteiger partial charge in [-0.05, 0) is 29.3 Å². The number of carbonyl (C=O) groups is 2. The summed E-state index contributed by atoms with van der Waals surface area (Å²) in [5.41, 5.74) is 2.18. The van der Waals surface area contributed by atoms with Crippen molar-refractivity contribution in [2.24, 2.45) is 0 Å². The van der Waals surface area contributed by atoms with Crippen molar-refractivity contribution in [2.45, 2.75) is 6.42 Å². The highest BCUT2D eigenvalue weighted by atomic mass is 16.5. The summed E-state index contributed by atoms with van der Waals surface area (Å²) in [5, 5.41) is 20.8. The number of hydrogen-bond donors (Lipinski definition) is 2. The van der Waals surface area contributed by atoms with Gasteiger partial charge in [-0.25, -0.2) is 4.79 Å². The van der Waals surface area contributed by atoms with Crippen molar-refractivity contribution in [1.82, 2.24) is 0 Å². The third-order valence-electron chi connectivity index (χ3n) is 5.10. The van der Waals surface area contributed by atoms with Crippen molar-refractivity contribution in [2.75, 3.05) is 20.8 Å². The van der Waals surface area contributed by atoms with Crippen LogP contribution in [-0.4, -0.2) is 42.8 Å². The lowest BCUT2D eigenvalue weighted by Gasteiger charge is -2.16. The standard InChI is InChI=1S/C26H24O7/c1-4-25(29)33-12-11-16-7-5-6-8-18(16)20-14-21(23(28)15-24(20)32-3)26(30)19-10-9-17(31-2)13-22(19)27/h4-10,13-15,27-28H,1,11-12H2,2-3H3. The predicted molar refractivity (Wildman–Crippen MR) is 123 cm³/mol. The lowest BCUT2D eigenvalue weighted by atomic mass is 9.93. The van der Waals surface area contributed by atoms with Crippen molar-refractivity contribution >= 4 is 11.8 Å². The highest BCUT2D eigenvalue weighted by Crippen LogP contribution is 2.39. The Bertz CT molecular complexity index is 1200. The van der Waals surface area contributed by atoms with Crippen LogP contribution in [0.4, 0.5) is 0 Å². The van der Waals surface area contributed by atoms with E-state index in [-0.39, 0.29) is 29.2 Å². The van der Waals surface area contributed by atoms with Crippen molar-refractivity contribution in [3.05, 3.63) is 83.9 Å². The summed E-state index contributed by atoms with van der Waals surface area (Å²) in [7, 11) is 2.91. The Hall–Kier alpha value is -4.26. The van der Waals surface area contributed by atoms with E-state index in [2.05, 4.69) is 6.58 Å². The minimum atomic E-state index is -0.561. The second-order valence-electron chi connectivity index (χ2n) is 7.06. The SMILES string of the molecule is C=CC(=O)OCCc1ccccc1-c1cc(C(=O)c2ccc(OC)cc2O)c(O)cc1OC. The summed E-state index contributed by atoms with van der Waals surface area (Å²) in [6.45, 7) is 3.52. The zero-order chi connectivity index (χ0) is 24.0. The molecule has 0 atom stereocenters. The van der Waals surface area contributed by atoms with Gasteiger partial charge >= 0.3 is 5.97 Å². The molecule has 170 valence electrons. The molecule has 0 bridgehead atoms. The van der Waals surface area contributed by atoms with Crippen LogP contribution in [-0.2, 0) is 16.0 Å². The van der Waals surface area contributed by atoms with E-state index in [1.165, 1.54) is 38.5 Å². The molecule has 0 fully saturated rings. The zero-order valence-corrected chi connectivity index (χ0v) is 18.3. The number of methoxy groups -OCH3 is 2. The molecule has 0 aliphatic rings. The molecule has 7 heteroatoms. The molecule has 0 saturated heterocycles. The van der Waals surface area contributed by atoms with E-state index in [4.69, 9.17) is 14.2 Å². The van der Waals surface area contributed by atoms with Gasteiger partial charge in [-0.15, -0.1) is 0 Å². The molecular weight excluding hydrogens is 424 g/mol. The molecule has 0 spiro atoms. The number of hydrogen-bond acceptors (Lipinski definition) is 7. The first-order valence-corrected chi connectivity index (χ1v) is 10.1. The number of benzene rings is 3. The van der Waals surface area contributed by atoms with Crippen LogP contribution in [0.1, 0.15) is 21.5 Å². The Morgan fingerprint density at radius 1 is 0.909 bits per heavy atom. The fourth-order valence-corrected chi connectivity index (χ4v) is 3.43. The summed E-state index contributed by atoms with van der Waals surface area (Å²) < 4.78 is 15.6. The van der Waals surface area contributed by atoms with Crippen LogP contribution >= 0.6 is 0 Å². The van der Waals surface area contributed by atoms with Crippen LogP contribution in [0.5, 0.6) is 23.0 Å². The van der Waals surface area contributed by atoms with Crippen molar-refractivity contribution < 1.29 is 34.0 Å². The number of ketones is 1. The monoisotopic (exact) mass is 448 g/mol.